The first-order valence-corrected chi connectivity index (χ1v) is 7.28. The zero-order valence-corrected chi connectivity index (χ0v) is 12.2. The lowest BCUT2D eigenvalue weighted by Gasteiger charge is -2.32. The number of hydrogen-bond acceptors (Lipinski definition) is 3. The molecule has 0 spiro atoms. The van der Waals surface area contributed by atoms with E-state index in [1.807, 2.05) is 13.8 Å². The molecule has 0 saturated heterocycles. The van der Waals surface area contributed by atoms with E-state index in [0.717, 1.165) is 25.9 Å². The second-order valence-corrected chi connectivity index (χ2v) is 5.58. The van der Waals surface area contributed by atoms with Crippen LogP contribution in [0.25, 0.3) is 0 Å². The molecule has 0 atom stereocenters. The van der Waals surface area contributed by atoms with Gasteiger partial charge in [0.2, 0.25) is 0 Å². The predicted octanol–water partition coefficient (Wildman–Crippen LogP) is 3.67. The minimum atomic E-state index is -4.11. The lowest BCUT2D eigenvalue weighted by Crippen LogP contribution is -2.35. The SMILES string of the molecule is CCC(CC)(CCSC(F)(F)F)CNCCOC. The van der Waals surface area contributed by atoms with Gasteiger partial charge in [-0.25, -0.2) is 0 Å². The molecule has 0 unspecified atom stereocenters. The molecule has 18 heavy (non-hydrogen) atoms. The van der Waals surface area contributed by atoms with Gasteiger partial charge < -0.3 is 10.1 Å². The lowest BCUT2D eigenvalue weighted by atomic mass is 9.80. The number of hydrogen-bond donors (Lipinski definition) is 1. The molecule has 0 aliphatic carbocycles. The van der Waals surface area contributed by atoms with Gasteiger partial charge in [-0.3, -0.25) is 0 Å². The summed E-state index contributed by atoms with van der Waals surface area (Å²) in [5.41, 5.74) is -4.15. The molecular formula is C12H24F3NOS. The van der Waals surface area contributed by atoms with E-state index in [4.69, 9.17) is 4.74 Å². The molecule has 0 aliphatic rings. The van der Waals surface area contributed by atoms with E-state index in [9.17, 15) is 13.2 Å². The number of ether oxygens (including phenoxy) is 1. The molecule has 110 valence electrons. The third-order valence-electron chi connectivity index (χ3n) is 3.38. The molecule has 0 aliphatic heterocycles. The first kappa shape index (κ1) is 18.1. The van der Waals surface area contributed by atoms with E-state index >= 15 is 0 Å². The summed E-state index contributed by atoms with van der Waals surface area (Å²) in [4.78, 5) is 0. The van der Waals surface area contributed by atoms with Crippen molar-refractivity contribution >= 4 is 11.8 Å². The number of alkyl halides is 3. The van der Waals surface area contributed by atoms with Crippen LogP contribution in [0.15, 0.2) is 0 Å². The Morgan fingerprint density at radius 2 is 1.78 bits per heavy atom. The molecule has 0 aromatic heterocycles. The van der Waals surface area contributed by atoms with Gasteiger partial charge in [0.25, 0.3) is 0 Å². The number of thioether (sulfide) groups is 1. The van der Waals surface area contributed by atoms with E-state index in [1.54, 1.807) is 7.11 Å². The normalized spacial score (nSPS) is 13.0. The van der Waals surface area contributed by atoms with Crippen LogP contribution in [-0.2, 0) is 4.74 Å². The Morgan fingerprint density at radius 3 is 2.22 bits per heavy atom. The Balaban J connectivity index is 4.08. The zero-order valence-electron chi connectivity index (χ0n) is 11.4. The average Bonchev–Trinajstić information content (AvgIpc) is 2.31. The second kappa shape index (κ2) is 9.04. The molecule has 6 heteroatoms. The lowest BCUT2D eigenvalue weighted by molar-refractivity contribution is -0.0329. The maximum Gasteiger partial charge on any atom is 0.441 e. The molecule has 0 radical (unpaired) electrons. The summed E-state index contributed by atoms with van der Waals surface area (Å²) < 4.78 is 41.3. The summed E-state index contributed by atoms with van der Waals surface area (Å²) in [6.07, 6.45) is 2.37. The molecule has 0 aromatic rings. The molecule has 2 nitrogen and oxygen atoms in total. The fourth-order valence-corrected chi connectivity index (χ4v) is 2.62. The van der Waals surface area contributed by atoms with Gasteiger partial charge in [0.05, 0.1) is 6.61 Å². The highest BCUT2D eigenvalue weighted by Gasteiger charge is 2.31. The number of methoxy groups -OCH3 is 1. The number of halogens is 3. The van der Waals surface area contributed by atoms with Gasteiger partial charge in [0.15, 0.2) is 0 Å². The van der Waals surface area contributed by atoms with Crippen LogP contribution >= 0.6 is 11.8 Å². The molecule has 0 saturated carbocycles. The van der Waals surface area contributed by atoms with E-state index in [1.165, 1.54) is 0 Å². The van der Waals surface area contributed by atoms with Gasteiger partial charge in [-0.2, -0.15) is 13.2 Å². The summed E-state index contributed by atoms with van der Waals surface area (Å²) in [6.45, 7) is 6.20. The van der Waals surface area contributed by atoms with Crippen LogP contribution in [-0.4, -0.2) is 38.1 Å². The highest BCUT2D eigenvalue weighted by Crippen LogP contribution is 2.36. The minimum Gasteiger partial charge on any atom is -0.383 e. The molecule has 1 N–H and O–H groups in total. The summed E-state index contributed by atoms with van der Waals surface area (Å²) in [7, 11) is 1.63. The predicted molar refractivity (Wildman–Crippen MR) is 70.9 cm³/mol. The smallest absolute Gasteiger partial charge is 0.383 e. The second-order valence-electron chi connectivity index (χ2n) is 4.42. The average molecular weight is 287 g/mol. The van der Waals surface area contributed by atoms with Gasteiger partial charge in [0, 0.05) is 26.0 Å². The zero-order chi connectivity index (χ0) is 14.1. The maximum atomic E-state index is 12.1. The van der Waals surface area contributed by atoms with Crippen molar-refractivity contribution in [2.75, 3.05) is 32.6 Å². The molecule has 0 amide bonds. The van der Waals surface area contributed by atoms with Gasteiger partial charge in [-0.1, -0.05) is 25.6 Å². The quantitative estimate of drug-likeness (QED) is 0.619. The van der Waals surface area contributed by atoms with Crippen LogP contribution in [0.4, 0.5) is 13.2 Å². The van der Waals surface area contributed by atoms with E-state index in [-0.39, 0.29) is 22.9 Å². The van der Waals surface area contributed by atoms with Crippen molar-refractivity contribution in [2.24, 2.45) is 5.41 Å². The van der Waals surface area contributed by atoms with Crippen molar-refractivity contribution in [1.29, 1.82) is 0 Å². The van der Waals surface area contributed by atoms with Crippen LogP contribution < -0.4 is 5.32 Å². The summed E-state index contributed by atoms with van der Waals surface area (Å²) >= 11 is 0.0824. The highest BCUT2D eigenvalue weighted by atomic mass is 32.2. The Bertz CT molecular complexity index is 208. The third-order valence-corrected chi connectivity index (χ3v) is 4.12. The Morgan fingerprint density at radius 1 is 1.17 bits per heavy atom. The van der Waals surface area contributed by atoms with E-state index in [0.29, 0.717) is 13.0 Å². The van der Waals surface area contributed by atoms with Crippen LogP contribution in [0, 0.1) is 5.41 Å². The molecule has 0 heterocycles. The molecule has 0 aromatic carbocycles. The van der Waals surface area contributed by atoms with Gasteiger partial charge in [-0.15, -0.1) is 0 Å². The van der Waals surface area contributed by atoms with Crippen LogP contribution in [0.5, 0.6) is 0 Å². The van der Waals surface area contributed by atoms with Gasteiger partial charge in [-0.05, 0) is 24.7 Å². The van der Waals surface area contributed by atoms with E-state index in [2.05, 4.69) is 5.32 Å². The van der Waals surface area contributed by atoms with Crippen LogP contribution in [0.2, 0.25) is 0 Å². The monoisotopic (exact) mass is 287 g/mol. The van der Waals surface area contributed by atoms with Crippen molar-refractivity contribution in [3.8, 4) is 0 Å². The Hall–Kier alpha value is 0.0600. The van der Waals surface area contributed by atoms with Crippen molar-refractivity contribution in [2.45, 2.75) is 38.6 Å². The van der Waals surface area contributed by atoms with Crippen molar-refractivity contribution in [1.82, 2.24) is 5.32 Å². The Labute approximate surface area is 112 Å². The van der Waals surface area contributed by atoms with Crippen molar-refractivity contribution in [3.05, 3.63) is 0 Å². The topological polar surface area (TPSA) is 21.3 Å². The first-order valence-electron chi connectivity index (χ1n) is 6.29. The van der Waals surface area contributed by atoms with Crippen LogP contribution in [0.1, 0.15) is 33.1 Å². The summed E-state index contributed by atoms with van der Waals surface area (Å²) in [5.74, 6) is 0.136. The first-order chi connectivity index (χ1) is 8.39. The van der Waals surface area contributed by atoms with Crippen molar-refractivity contribution in [3.63, 3.8) is 0 Å². The number of rotatable bonds is 10. The molecular weight excluding hydrogens is 263 g/mol. The largest absolute Gasteiger partial charge is 0.441 e. The third kappa shape index (κ3) is 8.21. The van der Waals surface area contributed by atoms with Crippen molar-refractivity contribution < 1.29 is 17.9 Å². The summed E-state index contributed by atoms with van der Waals surface area (Å²) in [5, 5.41) is 3.26. The fourth-order valence-electron chi connectivity index (χ4n) is 1.85. The van der Waals surface area contributed by atoms with E-state index < -0.39 is 5.51 Å². The van der Waals surface area contributed by atoms with Crippen LogP contribution in [0.3, 0.4) is 0 Å². The van der Waals surface area contributed by atoms with Gasteiger partial charge in [0.1, 0.15) is 0 Å². The summed E-state index contributed by atoms with van der Waals surface area (Å²) in [6, 6.07) is 0. The maximum absolute atomic E-state index is 12.1. The molecule has 0 bridgehead atoms. The fraction of sp³-hybridized carbons (Fsp3) is 1.00. The van der Waals surface area contributed by atoms with Gasteiger partial charge >= 0.3 is 5.51 Å². The Kier molecular flexibility index (Phi) is 9.07. The number of nitrogens with one attached hydrogen (secondary N) is 1. The molecule has 0 fully saturated rings. The minimum absolute atomic E-state index is 0.0357. The molecule has 0 rings (SSSR count). The standard InChI is InChI=1S/C12H24F3NOS/c1-4-11(5-2,10-16-7-8-17-3)6-9-18-12(13,14)15/h16H,4-10H2,1-3H3. The highest BCUT2D eigenvalue weighted by molar-refractivity contribution is 8.00.